The molecule has 1 aliphatic rings. The number of esters is 1. The van der Waals surface area contributed by atoms with E-state index in [1.165, 1.54) is 7.11 Å². The first-order valence-electron chi connectivity index (χ1n) is 6.67. The molecule has 1 aromatic heterocycles. The number of nitrogens with one attached hydrogen (secondary N) is 1. The molecule has 2 heterocycles. The van der Waals surface area contributed by atoms with Crippen molar-refractivity contribution in [3.63, 3.8) is 0 Å². The van der Waals surface area contributed by atoms with E-state index in [2.05, 4.69) is 26.0 Å². The Labute approximate surface area is 144 Å². The number of hydrogen-bond acceptors (Lipinski definition) is 6. The van der Waals surface area contributed by atoms with Crippen LogP contribution in [-0.4, -0.2) is 32.2 Å². The molecule has 6 nitrogen and oxygen atoms in total. The van der Waals surface area contributed by atoms with E-state index in [0.29, 0.717) is 44.6 Å². The molecule has 120 valence electrons. The fourth-order valence-electron chi connectivity index (χ4n) is 2.01. The van der Waals surface area contributed by atoms with Gasteiger partial charge in [-0.3, -0.25) is 4.79 Å². The number of fused-ring (bicyclic) bond motifs is 1. The molecule has 1 N–H and O–H groups in total. The monoisotopic (exact) mass is 397 g/mol. The number of halogens is 1. The molecule has 0 bridgehead atoms. The highest BCUT2D eigenvalue weighted by Crippen LogP contribution is 2.38. The van der Waals surface area contributed by atoms with Crippen LogP contribution in [0.3, 0.4) is 0 Å². The summed E-state index contributed by atoms with van der Waals surface area (Å²) in [5, 5.41) is 2.78. The second-order valence-corrected chi connectivity index (χ2v) is 6.52. The van der Waals surface area contributed by atoms with Crippen LogP contribution in [0, 0.1) is 0 Å². The van der Waals surface area contributed by atoms with Gasteiger partial charge in [-0.1, -0.05) is 0 Å². The van der Waals surface area contributed by atoms with Gasteiger partial charge in [-0.05, 0) is 28.1 Å². The van der Waals surface area contributed by atoms with E-state index >= 15 is 0 Å². The lowest BCUT2D eigenvalue weighted by Gasteiger charge is -2.20. The zero-order valence-electron chi connectivity index (χ0n) is 12.1. The van der Waals surface area contributed by atoms with E-state index in [0.717, 1.165) is 11.3 Å². The van der Waals surface area contributed by atoms with Crippen LogP contribution < -0.4 is 14.8 Å². The van der Waals surface area contributed by atoms with Gasteiger partial charge in [0.25, 0.3) is 5.91 Å². The van der Waals surface area contributed by atoms with Crippen LogP contribution in [-0.2, 0) is 4.74 Å². The first kappa shape index (κ1) is 15.8. The van der Waals surface area contributed by atoms with Gasteiger partial charge in [-0.25, -0.2) is 4.79 Å². The Morgan fingerprint density at radius 1 is 1.17 bits per heavy atom. The largest absolute Gasteiger partial charge is 0.486 e. The van der Waals surface area contributed by atoms with E-state index in [4.69, 9.17) is 9.47 Å². The Morgan fingerprint density at radius 3 is 2.52 bits per heavy atom. The zero-order chi connectivity index (χ0) is 16.4. The number of thiophene rings is 1. The molecule has 8 heteroatoms. The normalized spacial score (nSPS) is 12.6. The third kappa shape index (κ3) is 3.32. The smallest absolute Gasteiger partial charge is 0.348 e. The Kier molecular flexibility index (Phi) is 4.53. The first-order chi connectivity index (χ1) is 11.1. The summed E-state index contributed by atoms with van der Waals surface area (Å²) in [6.45, 7) is 0.964. The summed E-state index contributed by atoms with van der Waals surface area (Å²) in [7, 11) is 1.30. The minimum Gasteiger partial charge on any atom is -0.486 e. The van der Waals surface area contributed by atoms with Crippen LogP contribution >= 0.6 is 27.3 Å². The molecule has 3 rings (SSSR count). The van der Waals surface area contributed by atoms with Crippen LogP contribution in [0.15, 0.2) is 28.7 Å². The van der Waals surface area contributed by atoms with E-state index < -0.39 is 5.97 Å². The summed E-state index contributed by atoms with van der Waals surface area (Å²) >= 11 is 4.46. The van der Waals surface area contributed by atoms with Gasteiger partial charge in [0.15, 0.2) is 11.5 Å². The van der Waals surface area contributed by atoms with Gasteiger partial charge in [0.05, 0.1) is 17.7 Å². The Hall–Kier alpha value is -2.06. The predicted molar refractivity (Wildman–Crippen MR) is 88.7 cm³/mol. The lowest BCUT2D eigenvalue weighted by atomic mass is 10.2. The van der Waals surface area contributed by atoms with Gasteiger partial charge in [-0.2, -0.15) is 0 Å². The van der Waals surface area contributed by atoms with Crippen molar-refractivity contribution in [2.75, 3.05) is 25.6 Å². The van der Waals surface area contributed by atoms with Crippen LogP contribution in [0.5, 0.6) is 11.5 Å². The lowest BCUT2D eigenvalue weighted by molar-refractivity contribution is 0.0606. The van der Waals surface area contributed by atoms with E-state index in [9.17, 15) is 9.59 Å². The van der Waals surface area contributed by atoms with Crippen molar-refractivity contribution in [3.8, 4) is 11.5 Å². The quantitative estimate of drug-likeness (QED) is 0.804. The standard InChI is InChI=1S/C15H12BrNO5S/c1-20-15(19)13-3-2-12(23-13)14(18)17-9-7-11-10(6-8(9)16)21-4-5-22-11/h2-3,6-7H,4-5H2,1H3,(H,17,18). The second-order valence-electron chi connectivity index (χ2n) is 4.59. The van der Waals surface area contributed by atoms with Crippen molar-refractivity contribution in [3.05, 3.63) is 38.5 Å². The van der Waals surface area contributed by atoms with E-state index in [-0.39, 0.29) is 5.91 Å². The van der Waals surface area contributed by atoms with Crippen molar-refractivity contribution in [2.45, 2.75) is 0 Å². The van der Waals surface area contributed by atoms with Crippen molar-refractivity contribution in [2.24, 2.45) is 0 Å². The lowest BCUT2D eigenvalue weighted by Crippen LogP contribution is -2.16. The van der Waals surface area contributed by atoms with Crippen molar-refractivity contribution in [1.82, 2.24) is 0 Å². The number of benzene rings is 1. The maximum absolute atomic E-state index is 12.3. The molecule has 0 spiro atoms. The summed E-state index contributed by atoms with van der Waals surface area (Å²) in [6, 6.07) is 6.59. The number of carbonyl (C=O) groups excluding carboxylic acids is 2. The third-order valence-electron chi connectivity index (χ3n) is 3.10. The van der Waals surface area contributed by atoms with Gasteiger partial charge in [0.1, 0.15) is 18.1 Å². The van der Waals surface area contributed by atoms with Crippen molar-refractivity contribution < 1.29 is 23.8 Å². The highest BCUT2D eigenvalue weighted by molar-refractivity contribution is 9.10. The number of hydrogen-bond donors (Lipinski definition) is 1. The maximum atomic E-state index is 12.3. The van der Waals surface area contributed by atoms with E-state index in [1.54, 1.807) is 24.3 Å². The number of amides is 1. The summed E-state index contributed by atoms with van der Waals surface area (Å²) < 4.78 is 16.3. The van der Waals surface area contributed by atoms with Gasteiger partial charge in [0.2, 0.25) is 0 Å². The average Bonchev–Trinajstić information content (AvgIpc) is 3.05. The van der Waals surface area contributed by atoms with Gasteiger partial charge >= 0.3 is 5.97 Å². The molecule has 1 aliphatic heterocycles. The first-order valence-corrected chi connectivity index (χ1v) is 8.28. The minimum atomic E-state index is -0.463. The Morgan fingerprint density at radius 2 is 1.83 bits per heavy atom. The Balaban J connectivity index is 1.80. The zero-order valence-corrected chi connectivity index (χ0v) is 14.5. The fraction of sp³-hybridized carbons (Fsp3) is 0.200. The topological polar surface area (TPSA) is 73.9 Å². The molecule has 0 unspecified atom stereocenters. The number of methoxy groups -OCH3 is 1. The van der Waals surface area contributed by atoms with Crippen LogP contribution in [0.25, 0.3) is 0 Å². The summed E-state index contributed by atoms with van der Waals surface area (Å²) in [6.07, 6.45) is 0. The molecular formula is C15H12BrNO5S. The molecule has 1 amide bonds. The maximum Gasteiger partial charge on any atom is 0.348 e. The molecule has 0 atom stereocenters. The van der Waals surface area contributed by atoms with Crippen molar-refractivity contribution >= 4 is 44.8 Å². The highest BCUT2D eigenvalue weighted by Gasteiger charge is 2.18. The molecule has 0 radical (unpaired) electrons. The van der Waals surface area contributed by atoms with E-state index in [1.807, 2.05) is 0 Å². The molecule has 1 aromatic carbocycles. The van der Waals surface area contributed by atoms with Crippen LogP contribution in [0.1, 0.15) is 19.3 Å². The fourth-order valence-corrected chi connectivity index (χ4v) is 3.25. The molecule has 0 saturated heterocycles. The molecule has 0 aliphatic carbocycles. The van der Waals surface area contributed by atoms with Crippen molar-refractivity contribution in [1.29, 1.82) is 0 Å². The average molecular weight is 398 g/mol. The Bertz CT molecular complexity index is 773. The third-order valence-corrected chi connectivity index (χ3v) is 4.82. The molecule has 0 fully saturated rings. The van der Waals surface area contributed by atoms with Gasteiger partial charge in [-0.15, -0.1) is 11.3 Å². The molecule has 2 aromatic rings. The van der Waals surface area contributed by atoms with Crippen LogP contribution in [0.2, 0.25) is 0 Å². The highest BCUT2D eigenvalue weighted by atomic mass is 79.9. The van der Waals surface area contributed by atoms with Gasteiger partial charge < -0.3 is 19.5 Å². The molecule has 23 heavy (non-hydrogen) atoms. The number of anilines is 1. The number of carbonyl (C=O) groups is 2. The predicted octanol–water partition coefficient (Wildman–Crippen LogP) is 3.32. The number of rotatable bonds is 3. The number of ether oxygens (including phenoxy) is 3. The molecule has 0 saturated carbocycles. The summed E-state index contributed by atoms with van der Waals surface area (Å²) in [4.78, 5) is 24.5. The summed E-state index contributed by atoms with van der Waals surface area (Å²) in [5.74, 6) is 0.429. The second kappa shape index (κ2) is 6.59. The SMILES string of the molecule is COC(=O)c1ccc(C(=O)Nc2cc3c(cc2Br)OCCO3)s1. The minimum absolute atomic E-state index is 0.317. The molecular weight excluding hydrogens is 386 g/mol. The van der Waals surface area contributed by atoms with Gasteiger partial charge in [0, 0.05) is 16.6 Å². The summed E-state index contributed by atoms with van der Waals surface area (Å²) in [5.41, 5.74) is 0.562. The van der Waals surface area contributed by atoms with Crippen LogP contribution in [0.4, 0.5) is 5.69 Å².